The van der Waals surface area contributed by atoms with E-state index in [1.165, 1.54) is 22.7 Å². The molecule has 1 N–H and O–H groups in total. The summed E-state index contributed by atoms with van der Waals surface area (Å²) in [6, 6.07) is 22.7. The van der Waals surface area contributed by atoms with E-state index in [0.717, 1.165) is 5.56 Å². The topological polar surface area (TPSA) is 73.2 Å². The van der Waals surface area contributed by atoms with E-state index in [1.807, 2.05) is 24.3 Å². The number of benzene rings is 3. The maximum Gasteiger partial charge on any atom is 0.269 e. The Labute approximate surface area is 215 Å². The van der Waals surface area contributed by atoms with Crippen LogP contribution in [-0.4, -0.2) is 17.1 Å². The van der Waals surface area contributed by atoms with Gasteiger partial charge in [0.15, 0.2) is 0 Å². The molecule has 3 aromatic carbocycles. The SMILES string of the molecule is N#CC(C(=O)Nc1cc(Cl)ccc1Cl)=C1SC(Cc2cccc(Cl)c2)C(=O)N1c1ccccc1. The first-order chi connectivity index (χ1) is 16.4. The fraction of sp³-hybridized carbons (Fsp3) is 0.0800. The number of carbonyl (C=O) groups excluding carboxylic acids is 2. The van der Waals surface area contributed by atoms with E-state index in [2.05, 4.69) is 5.32 Å². The second kappa shape index (κ2) is 10.5. The van der Waals surface area contributed by atoms with Gasteiger partial charge in [0.05, 0.1) is 16.0 Å². The minimum absolute atomic E-state index is 0.202. The smallest absolute Gasteiger partial charge is 0.269 e. The molecule has 1 atom stereocenters. The molecule has 1 aliphatic heterocycles. The average Bonchev–Trinajstić information content (AvgIpc) is 3.12. The average molecular weight is 529 g/mol. The summed E-state index contributed by atoms with van der Waals surface area (Å²) in [6.07, 6.45) is 0.386. The summed E-state index contributed by atoms with van der Waals surface area (Å²) in [7, 11) is 0. The van der Waals surface area contributed by atoms with Crippen molar-refractivity contribution < 1.29 is 9.59 Å². The number of nitrogens with one attached hydrogen (secondary N) is 1. The minimum Gasteiger partial charge on any atom is -0.320 e. The molecule has 0 aromatic heterocycles. The Morgan fingerprint density at radius 3 is 2.44 bits per heavy atom. The summed E-state index contributed by atoms with van der Waals surface area (Å²) in [6.45, 7) is 0. The van der Waals surface area contributed by atoms with Crippen LogP contribution in [0.25, 0.3) is 0 Å². The Bertz CT molecular complexity index is 1340. The number of nitriles is 1. The number of halogens is 3. The lowest BCUT2D eigenvalue weighted by Gasteiger charge is -2.18. The Morgan fingerprint density at radius 2 is 1.74 bits per heavy atom. The van der Waals surface area contributed by atoms with Crippen LogP contribution in [0, 0.1) is 11.3 Å². The molecule has 34 heavy (non-hydrogen) atoms. The van der Waals surface area contributed by atoms with E-state index in [4.69, 9.17) is 34.8 Å². The van der Waals surface area contributed by atoms with E-state index in [1.54, 1.807) is 48.5 Å². The molecule has 1 aliphatic rings. The Hall–Kier alpha value is -2.95. The van der Waals surface area contributed by atoms with Gasteiger partial charge in [-0.05, 0) is 54.4 Å². The first-order valence-corrected chi connectivity index (χ1v) is 12.1. The second-order valence-corrected chi connectivity index (χ2v) is 9.79. The number of amides is 2. The van der Waals surface area contributed by atoms with E-state index >= 15 is 0 Å². The molecule has 2 amide bonds. The second-order valence-electron chi connectivity index (χ2n) is 7.32. The van der Waals surface area contributed by atoms with Gasteiger partial charge >= 0.3 is 0 Å². The molecule has 1 fully saturated rings. The monoisotopic (exact) mass is 527 g/mol. The first-order valence-electron chi connectivity index (χ1n) is 10.1. The molecule has 0 radical (unpaired) electrons. The molecule has 0 saturated carbocycles. The molecule has 4 rings (SSSR count). The Morgan fingerprint density at radius 1 is 1.00 bits per heavy atom. The van der Waals surface area contributed by atoms with Crippen molar-refractivity contribution in [3.05, 3.63) is 104 Å². The Kier molecular flexibility index (Phi) is 7.50. The fourth-order valence-corrected chi connectivity index (χ4v) is 5.31. The van der Waals surface area contributed by atoms with Gasteiger partial charge in [0.1, 0.15) is 16.7 Å². The zero-order valence-corrected chi connectivity index (χ0v) is 20.6. The molecule has 3 aromatic rings. The van der Waals surface area contributed by atoms with Crippen LogP contribution in [0.1, 0.15) is 5.56 Å². The summed E-state index contributed by atoms with van der Waals surface area (Å²) in [5, 5.41) is 13.5. The number of hydrogen-bond donors (Lipinski definition) is 1. The minimum atomic E-state index is -0.689. The largest absolute Gasteiger partial charge is 0.320 e. The van der Waals surface area contributed by atoms with Crippen molar-refractivity contribution in [3.63, 3.8) is 0 Å². The van der Waals surface area contributed by atoms with Gasteiger partial charge in [0.2, 0.25) is 5.91 Å². The molecule has 1 heterocycles. The molecule has 0 aliphatic carbocycles. The van der Waals surface area contributed by atoms with Crippen LogP contribution < -0.4 is 10.2 Å². The van der Waals surface area contributed by atoms with Gasteiger partial charge in [-0.1, -0.05) is 76.9 Å². The molecule has 1 unspecified atom stereocenters. The number of anilines is 2. The third-order valence-corrected chi connectivity index (χ3v) is 7.07. The van der Waals surface area contributed by atoms with E-state index in [0.29, 0.717) is 22.2 Å². The van der Waals surface area contributed by atoms with Crippen molar-refractivity contribution in [2.75, 3.05) is 10.2 Å². The lowest BCUT2D eigenvalue weighted by atomic mass is 10.1. The summed E-state index contributed by atoms with van der Waals surface area (Å²) in [4.78, 5) is 28.0. The van der Waals surface area contributed by atoms with Gasteiger partial charge in [-0.15, -0.1) is 0 Å². The third-order valence-electron chi connectivity index (χ3n) is 5.01. The van der Waals surface area contributed by atoms with Gasteiger partial charge in [-0.3, -0.25) is 14.5 Å². The highest BCUT2D eigenvalue weighted by molar-refractivity contribution is 8.05. The van der Waals surface area contributed by atoms with Crippen molar-refractivity contribution in [1.82, 2.24) is 0 Å². The van der Waals surface area contributed by atoms with Crippen molar-refractivity contribution in [1.29, 1.82) is 5.26 Å². The number of thioether (sulfide) groups is 1. The van der Waals surface area contributed by atoms with Crippen LogP contribution in [-0.2, 0) is 16.0 Å². The van der Waals surface area contributed by atoms with Gasteiger partial charge in [-0.2, -0.15) is 5.26 Å². The highest BCUT2D eigenvalue weighted by atomic mass is 35.5. The van der Waals surface area contributed by atoms with Crippen LogP contribution in [0.15, 0.2) is 83.4 Å². The van der Waals surface area contributed by atoms with Crippen molar-refractivity contribution in [2.24, 2.45) is 0 Å². The maximum absolute atomic E-state index is 13.5. The zero-order valence-electron chi connectivity index (χ0n) is 17.5. The quantitative estimate of drug-likeness (QED) is 0.295. The Balaban J connectivity index is 1.73. The maximum atomic E-state index is 13.5. The number of nitrogens with zero attached hydrogens (tertiary/aromatic N) is 2. The predicted molar refractivity (Wildman–Crippen MR) is 138 cm³/mol. The van der Waals surface area contributed by atoms with E-state index in [9.17, 15) is 14.9 Å². The lowest BCUT2D eigenvalue weighted by molar-refractivity contribution is -0.117. The molecular formula is C25H16Cl3N3O2S. The van der Waals surface area contributed by atoms with Crippen LogP contribution in [0.4, 0.5) is 11.4 Å². The fourth-order valence-electron chi connectivity index (χ4n) is 3.46. The standard InChI is InChI=1S/C25H16Cl3N3O2S/c26-16-6-4-5-15(11-16)12-22-24(33)31(18-7-2-1-3-8-18)25(34-22)19(14-29)23(32)30-21-13-17(27)9-10-20(21)28/h1-11,13,22H,12H2,(H,30,32). The molecule has 9 heteroatoms. The van der Waals surface area contributed by atoms with Gasteiger partial charge in [0.25, 0.3) is 5.91 Å². The van der Waals surface area contributed by atoms with Gasteiger partial charge in [-0.25, -0.2) is 0 Å². The molecule has 170 valence electrons. The summed E-state index contributed by atoms with van der Waals surface area (Å²) in [5.41, 5.74) is 1.50. The molecule has 5 nitrogen and oxygen atoms in total. The van der Waals surface area contributed by atoms with Crippen molar-refractivity contribution in [2.45, 2.75) is 11.7 Å². The lowest BCUT2D eigenvalue weighted by Crippen LogP contribution is -2.30. The van der Waals surface area contributed by atoms with Crippen molar-refractivity contribution in [3.8, 4) is 6.07 Å². The number of hydrogen-bond acceptors (Lipinski definition) is 4. The van der Waals surface area contributed by atoms with E-state index < -0.39 is 11.2 Å². The van der Waals surface area contributed by atoms with Crippen LogP contribution in [0.2, 0.25) is 15.1 Å². The van der Waals surface area contributed by atoms with Crippen LogP contribution >= 0.6 is 46.6 Å². The molecule has 0 spiro atoms. The summed E-state index contributed by atoms with van der Waals surface area (Å²) in [5.74, 6) is -0.918. The highest BCUT2D eigenvalue weighted by Gasteiger charge is 2.40. The third kappa shape index (κ3) is 5.24. The number of para-hydroxylation sites is 1. The normalized spacial score (nSPS) is 16.8. The number of carbonyl (C=O) groups is 2. The summed E-state index contributed by atoms with van der Waals surface area (Å²) >= 11 is 19.5. The van der Waals surface area contributed by atoms with Crippen molar-refractivity contribution >= 4 is 69.8 Å². The number of rotatable bonds is 5. The molecular weight excluding hydrogens is 513 g/mol. The zero-order chi connectivity index (χ0) is 24.2. The summed E-state index contributed by atoms with van der Waals surface area (Å²) < 4.78 is 0. The van der Waals surface area contributed by atoms with Gasteiger partial charge < -0.3 is 5.32 Å². The van der Waals surface area contributed by atoms with E-state index in [-0.39, 0.29) is 27.2 Å². The van der Waals surface area contributed by atoms with Crippen LogP contribution in [0.3, 0.4) is 0 Å². The predicted octanol–water partition coefficient (Wildman–Crippen LogP) is 6.71. The van der Waals surface area contributed by atoms with Gasteiger partial charge in [0, 0.05) is 15.7 Å². The highest BCUT2D eigenvalue weighted by Crippen LogP contribution is 2.42. The molecule has 0 bridgehead atoms. The molecule has 1 saturated heterocycles. The van der Waals surface area contributed by atoms with Crippen LogP contribution in [0.5, 0.6) is 0 Å². The first kappa shape index (κ1) is 24.2.